The average molecular weight is 534 g/mol. The Labute approximate surface area is 178 Å². The first-order chi connectivity index (χ1) is 13.5. The number of nitro groups is 2. The number of hydrogen-bond donors (Lipinski definition) is 0. The second-order valence-corrected chi connectivity index (χ2v) is 7.12. The number of esters is 2. The minimum atomic E-state index is -1.20. The van der Waals surface area contributed by atoms with Crippen LogP contribution in [-0.4, -0.2) is 31.8 Å². The molecule has 0 aliphatic carbocycles. The standard InChI is InChI=1S/C15H10Br2N4O8/c1-6-8(16)4-18-14(12(6)20(24)25)28-10(22)3-11(23)29-15-13(21(26)27)7(2)9(17)5-19-15/h4-5H,3H2,1-2H3. The molecular weight excluding hydrogens is 524 g/mol. The lowest BCUT2D eigenvalue weighted by atomic mass is 10.2. The molecule has 0 unspecified atom stereocenters. The van der Waals surface area contributed by atoms with Crippen LogP contribution in [0.4, 0.5) is 11.4 Å². The molecule has 0 saturated heterocycles. The Bertz CT molecular complexity index is 962. The molecule has 0 amide bonds. The summed E-state index contributed by atoms with van der Waals surface area (Å²) in [6.07, 6.45) is 1.41. The van der Waals surface area contributed by atoms with E-state index in [0.717, 1.165) is 0 Å². The number of ether oxygens (including phenoxy) is 2. The highest BCUT2D eigenvalue weighted by atomic mass is 79.9. The van der Waals surface area contributed by atoms with Crippen molar-refractivity contribution in [1.29, 1.82) is 0 Å². The van der Waals surface area contributed by atoms with E-state index < -0.39 is 51.3 Å². The van der Waals surface area contributed by atoms with Crippen LogP contribution >= 0.6 is 31.9 Å². The van der Waals surface area contributed by atoms with Gasteiger partial charge in [0.1, 0.15) is 6.42 Å². The van der Waals surface area contributed by atoms with Crippen LogP contribution in [0, 0.1) is 34.1 Å². The van der Waals surface area contributed by atoms with E-state index in [9.17, 15) is 29.8 Å². The zero-order valence-corrected chi connectivity index (χ0v) is 17.8. The predicted octanol–water partition coefficient (Wildman–Crippen LogP) is 3.34. The van der Waals surface area contributed by atoms with Crippen LogP contribution in [0.3, 0.4) is 0 Å². The van der Waals surface area contributed by atoms with Crippen LogP contribution < -0.4 is 9.47 Å². The van der Waals surface area contributed by atoms with Gasteiger partial charge in [-0.3, -0.25) is 29.8 Å². The highest BCUT2D eigenvalue weighted by molar-refractivity contribution is 9.10. The molecule has 2 heterocycles. The number of carbonyl (C=O) groups is 2. The Hall–Kier alpha value is -3.00. The number of halogens is 2. The van der Waals surface area contributed by atoms with E-state index in [1.54, 1.807) is 0 Å². The molecule has 152 valence electrons. The van der Waals surface area contributed by atoms with Gasteiger partial charge in [-0.1, -0.05) is 0 Å². The fraction of sp³-hybridized carbons (Fsp3) is 0.200. The Morgan fingerprint density at radius 3 is 1.55 bits per heavy atom. The summed E-state index contributed by atoms with van der Waals surface area (Å²) in [5.74, 6) is -3.61. The zero-order valence-electron chi connectivity index (χ0n) is 14.7. The summed E-state index contributed by atoms with van der Waals surface area (Å²) < 4.78 is 10.2. The number of rotatable bonds is 6. The molecule has 0 aliphatic rings. The maximum atomic E-state index is 12.0. The van der Waals surface area contributed by atoms with Gasteiger partial charge < -0.3 is 9.47 Å². The lowest BCUT2D eigenvalue weighted by Crippen LogP contribution is -2.20. The largest absolute Gasteiger partial charge is 0.400 e. The minimum absolute atomic E-state index is 0.167. The van der Waals surface area contributed by atoms with Gasteiger partial charge in [-0.2, -0.15) is 0 Å². The lowest BCUT2D eigenvalue weighted by Gasteiger charge is -2.08. The molecule has 0 aromatic carbocycles. The Morgan fingerprint density at radius 1 is 0.897 bits per heavy atom. The normalized spacial score (nSPS) is 10.3. The molecule has 2 aromatic heterocycles. The van der Waals surface area contributed by atoms with E-state index in [1.807, 2.05) is 0 Å². The first kappa shape index (κ1) is 22.3. The molecule has 0 spiro atoms. The SMILES string of the molecule is Cc1c(Br)cnc(OC(=O)CC(=O)Oc2ncc(Br)c(C)c2[N+](=O)[O-])c1[N+](=O)[O-]. The van der Waals surface area contributed by atoms with Crippen LogP contribution in [-0.2, 0) is 9.59 Å². The van der Waals surface area contributed by atoms with Crippen molar-refractivity contribution in [2.75, 3.05) is 0 Å². The van der Waals surface area contributed by atoms with E-state index in [2.05, 4.69) is 41.8 Å². The van der Waals surface area contributed by atoms with Gasteiger partial charge in [-0.05, 0) is 45.7 Å². The molecular formula is C15H10Br2N4O8. The van der Waals surface area contributed by atoms with E-state index in [4.69, 9.17) is 9.47 Å². The summed E-state index contributed by atoms with van der Waals surface area (Å²) in [5.41, 5.74) is -0.773. The Kier molecular flexibility index (Phi) is 6.92. The molecule has 0 fully saturated rings. The number of pyridine rings is 2. The summed E-state index contributed by atoms with van der Waals surface area (Å²) in [6, 6.07) is 0. The van der Waals surface area contributed by atoms with Crippen molar-refractivity contribution >= 4 is 55.2 Å². The van der Waals surface area contributed by atoms with Gasteiger partial charge in [-0.25, -0.2) is 9.97 Å². The van der Waals surface area contributed by atoms with Gasteiger partial charge in [0, 0.05) is 32.5 Å². The minimum Gasteiger partial charge on any atom is -0.400 e. The van der Waals surface area contributed by atoms with E-state index in [-0.39, 0.29) is 11.1 Å². The predicted molar refractivity (Wildman–Crippen MR) is 103 cm³/mol. The highest BCUT2D eigenvalue weighted by Gasteiger charge is 2.28. The molecule has 14 heteroatoms. The lowest BCUT2D eigenvalue weighted by molar-refractivity contribution is -0.386. The van der Waals surface area contributed by atoms with Crippen LogP contribution in [0.1, 0.15) is 17.5 Å². The maximum absolute atomic E-state index is 12.0. The summed E-state index contributed by atoms with van der Waals surface area (Å²) in [6.45, 7) is 2.83. The second kappa shape index (κ2) is 9.00. The number of carbonyl (C=O) groups excluding carboxylic acids is 2. The Balaban J connectivity index is 2.17. The van der Waals surface area contributed by atoms with Crippen molar-refractivity contribution in [3.63, 3.8) is 0 Å². The summed E-state index contributed by atoms with van der Waals surface area (Å²) >= 11 is 6.15. The molecule has 0 N–H and O–H groups in total. The van der Waals surface area contributed by atoms with Gasteiger partial charge in [0.15, 0.2) is 0 Å². The average Bonchev–Trinajstić information content (AvgIpc) is 2.60. The molecule has 12 nitrogen and oxygen atoms in total. The van der Waals surface area contributed by atoms with Gasteiger partial charge >= 0.3 is 35.1 Å². The fourth-order valence-electron chi connectivity index (χ4n) is 2.08. The van der Waals surface area contributed by atoms with Crippen LogP contribution in [0.5, 0.6) is 11.8 Å². The third-order valence-corrected chi connectivity index (χ3v) is 5.10. The summed E-state index contributed by atoms with van der Waals surface area (Å²) in [4.78, 5) is 52.0. The number of hydrogen-bond acceptors (Lipinski definition) is 10. The molecule has 2 aromatic rings. The van der Waals surface area contributed by atoms with Crippen molar-refractivity contribution in [1.82, 2.24) is 9.97 Å². The molecule has 0 saturated carbocycles. The van der Waals surface area contributed by atoms with E-state index in [1.165, 1.54) is 26.2 Å². The third kappa shape index (κ3) is 5.08. The van der Waals surface area contributed by atoms with Crippen molar-refractivity contribution in [3.8, 4) is 11.8 Å². The molecule has 0 bridgehead atoms. The Morgan fingerprint density at radius 2 is 1.24 bits per heavy atom. The summed E-state index contributed by atoms with van der Waals surface area (Å²) in [5, 5.41) is 22.4. The number of aromatic nitrogens is 2. The molecule has 0 radical (unpaired) electrons. The second-order valence-electron chi connectivity index (χ2n) is 5.41. The van der Waals surface area contributed by atoms with Crippen LogP contribution in [0.2, 0.25) is 0 Å². The first-order valence-corrected chi connectivity index (χ1v) is 9.11. The molecule has 2 rings (SSSR count). The van der Waals surface area contributed by atoms with Crippen LogP contribution in [0.25, 0.3) is 0 Å². The van der Waals surface area contributed by atoms with Crippen molar-refractivity contribution in [3.05, 3.63) is 52.7 Å². The van der Waals surface area contributed by atoms with E-state index in [0.29, 0.717) is 8.95 Å². The quantitative estimate of drug-likeness (QED) is 0.232. The zero-order chi connectivity index (χ0) is 21.9. The van der Waals surface area contributed by atoms with Gasteiger partial charge in [0.2, 0.25) is 0 Å². The molecule has 0 aliphatic heterocycles. The van der Waals surface area contributed by atoms with Crippen molar-refractivity contribution in [2.45, 2.75) is 20.3 Å². The summed E-state index contributed by atoms with van der Waals surface area (Å²) in [7, 11) is 0. The topological polar surface area (TPSA) is 165 Å². The molecule has 0 atom stereocenters. The van der Waals surface area contributed by atoms with Gasteiger partial charge in [0.25, 0.3) is 0 Å². The van der Waals surface area contributed by atoms with E-state index >= 15 is 0 Å². The first-order valence-electron chi connectivity index (χ1n) is 7.53. The monoisotopic (exact) mass is 532 g/mol. The van der Waals surface area contributed by atoms with Crippen LogP contribution in [0.15, 0.2) is 21.3 Å². The smallest absolute Gasteiger partial charge is 0.335 e. The van der Waals surface area contributed by atoms with Gasteiger partial charge in [-0.15, -0.1) is 0 Å². The maximum Gasteiger partial charge on any atom is 0.335 e. The highest BCUT2D eigenvalue weighted by Crippen LogP contribution is 2.34. The van der Waals surface area contributed by atoms with Crippen molar-refractivity contribution in [2.24, 2.45) is 0 Å². The molecule has 29 heavy (non-hydrogen) atoms. The fourth-order valence-corrected chi connectivity index (χ4v) is 2.66. The van der Waals surface area contributed by atoms with Crippen molar-refractivity contribution < 1.29 is 28.9 Å². The number of nitrogens with zero attached hydrogens (tertiary/aromatic N) is 4. The van der Waals surface area contributed by atoms with Gasteiger partial charge in [0.05, 0.1) is 9.85 Å². The third-order valence-electron chi connectivity index (χ3n) is 3.50.